The number of carbonyl (C=O) groups excluding carboxylic acids is 4. The lowest BCUT2D eigenvalue weighted by Crippen LogP contribution is -2.41. The minimum absolute atomic E-state index is 0.0602. The molecule has 1 aliphatic heterocycles. The molecule has 1 aromatic carbocycles. The average molecular weight is 479 g/mol. The van der Waals surface area contributed by atoms with Gasteiger partial charge in [-0.2, -0.15) is 4.57 Å². The van der Waals surface area contributed by atoms with Crippen molar-refractivity contribution >= 4 is 52.4 Å². The second-order valence-electron chi connectivity index (χ2n) is 6.41. The van der Waals surface area contributed by atoms with E-state index in [1.807, 2.05) is 0 Å². The van der Waals surface area contributed by atoms with Crippen LogP contribution in [0.3, 0.4) is 0 Å². The number of imide groups is 1. The number of nitrogens with zero attached hydrogens (tertiary/aromatic N) is 1. The molecule has 13 heteroatoms. The average Bonchev–Trinajstić information content (AvgIpc) is 3.02. The Kier molecular flexibility index (Phi) is 6.95. The van der Waals surface area contributed by atoms with Gasteiger partial charge in [-0.1, -0.05) is 17.7 Å². The van der Waals surface area contributed by atoms with Crippen molar-refractivity contribution in [2.45, 2.75) is 12.8 Å². The smallest absolute Gasteiger partial charge is 0.335 e. The number of rotatable bonds is 7. The fourth-order valence-electron chi connectivity index (χ4n) is 2.68. The highest BCUT2D eigenvalue weighted by Crippen LogP contribution is 2.30. The highest BCUT2D eigenvalue weighted by Gasteiger charge is 2.25. The Labute approximate surface area is 188 Å². The van der Waals surface area contributed by atoms with E-state index < -0.39 is 34.2 Å². The standard InChI is InChI=1S/C19H15ClN4O7S/c20-10-6-9(7-13-17(28)23-19(30)32-13)3-4-12(10)31-5-1-2-14(25)24-15(26)8-11(16(21)27)22-18(24)29/h3-4,6-8H,1-2,5H2,(H2,21,27)(H,22,29)(H,23,28,30). The summed E-state index contributed by atoms with van der Waals surface area (Å²) in [7, 11) is 0. The summed E-state index contributed by atoms with van der Waals surface area (Å²) in [5.41, 5.74) is 3.18. The van der Waals surface area contributed by atoms with Crippen LogP contribution in [0.25, 0.3) is 6.08 Å². The van der Waals surface area contributed by atoms with E-state index in [9.17, 15) is 28.8 Å². The third-order valence-corrected chi connectivity index (χ3v) is 5.24. The first kappa shape index (κ1) is 23.0. The van der Waals surface area contributed by atoms with Crippen LogP contribution >= 0.6 is 23.4 Å². The predicted octanol–water partition coefficient (Wildman–Crippen LogP) is 1.11. The Balaban J connectivity index is 1.58. The fourth-order valence-corrected chi connectivity index (χ4v) is 3.60. The van der Waals surface area contributed by atoms with Crippen LogP contribution in [0.2, 0.25) is 5.02 Å². The maximum atomic E-state index is 12.2. The lowest BCUT2D eigenvalue weighted by molar-refractivity contribution is -0.115. The van der Waals surface area contributed by atoms with Crippen molar-refractivity contribution in [3.63, 3.8) is 0 Å². The van der Waals surface area contributed by atoms with Gasteiger partial charge in [0.05, 0.1) is 16.5 Å². The summed E-state index contributed by atoms with van der Waals surface area (Å²) in [5.74, 6) is -1.93. The molecule has 3 amide bonds. The van der Waals surface area contributed by atoms with Crippen LogP contribution in [0.1, 0.15) is 33.7 Å². The first-order valence-corrected chi connectivity index (χ1v) is 10.2. The first-order valence-electron chi connectivity index (χ1n) is 9.02. The van der Waals surface area contributed by atoms with Gasteiger partial charge >= 0.3 is 5.69 Å². The van der Waals surface area contributed by atoms with Crippen LogP contribution in [-0.2, 0) is 4.79 Å². The van der Waals surface area contributed by atoms with Crippen molar-refractivity contribution in [3.8, 4) is 5.75 Å². The summed E-state index contributed by atoms with van der Waals surface area (Å²) in [6.45, 7) is 0.0602. The minimum atomic E-state index is -1.05. The van der Waals surface area contributed by atoms with Gasteiger partial charge in [-0.05, 0) is 42.0 Å². The van der Waals surface area contributed by atoms with Crippen molar-refractivity contribution in [2.75, 3.05) is 6.61 Å². The molecule has 11 nitrogen and oxygen atoms in total. The maximum Gasteiger partial charge on any atom is 0.335 e. The zero-order valence-corrected chi connectivity index (χ0v) is 17.7. The number of benzene rings is 1. The lowest BCUT2D eigenvalue weighted by Gasteiger charge is -2.09. The predicted molar refractivity (Wildman–Crippen MR) is 116 cm³/mol. The number of H-pyrrole nitrogens is 1. The molecule has 0 atom stereocenters. The summed E-state index contributed by atoms with van der Waals surface area (Å²) in [6.07, 6.45) is 1.50. The molecule has 1 aromatic heterocycles. The maximum absolute atomic E-state index is 12.2. The summed E-state index contributed by atoms with van der Waals surface area (Å²) in [6, 6.07) is 5.52. The van der Waals surface area contributed by atoms with E-state index in [1.165, 1.54) is 6.08 Å². The first-order chi connectivity index (χ1) is 15.2. The number of halogens is 1. The van der Waals surface area contributed by atoms with Crippen molar-refractivity contribution in [3.05, 3.63) is 66.3 Å². The van der Waals surface area contributed by atoms with Crippen LogP contribution in [0.5, 0.6) is 5.75 Å². The van der Waals surface area contributed by atoms with E-state index in [2.05, 4.69) is 10.3 Å². The highest BCUT2D eigenvalue weighted by molar-refractivity contribution is 8.18. The largest absolute Gasteiger partial charge is 0.492 e. The van der Waals surface area contributed by atoms with Crippen LogP contribution in [-0.4, -0.2) is 39.1 Å². The SMILES string of the molecule is NC(=O)c1cc(=O)n(C(=O)CCCOc2ccc(C=C3SC(=O)NC3=O)cc2Cl)c(=O)[nH]1. The van der Waals surface area contributed by atoms with Crippen molar-refractivity contribution in [1.82, 2.24) is 14.9 Å². The molecule has 166 valence electrons. The van der Waals surface area contributed by atoms with Gasteiger partial charge in [-0.15, -0.1) is 0 Å². The Bertz CT molecular complexity index is 1250. The van der Waals surface area contributed by atoms with Crippen LogP contribution < -0.4 is 27.0 Å². The zero-order valence-electron chi connectivity index (χ0n) is 16.2. The molecule has 0 saturated carbocycles. The van der Waals surface area contributed by atoms with Crippen LogP contribution in [0.4, 0.5) is 4.79 Å². The number of carbonyl (C=O) groups is 4. The molecule has 1 aliphatic rings. The van der Waals surface area contributed by atoms with Crippen molar-refractivity contribution < 1.29 is 23.9 Å². The number of ether oxygens (including phenoxy) is 1. The van der Waals surface area contributed by atoms with Gasteiger partial charge in [0.2, 0.25) is 5.91 Å². The molecule has 3 rings (SSSR count). The number of amides is 3. The van der Waals surface area contributed by atoms with Gasteiger partial charge in [-0.25, -0.2) is 4.79 Å². The molecule has 0 aliphatic carbocycles. The van der Waals surface area contributed by atoms with E-state index in [0.29, 0.717) is 15.9 Å². The number of hydrogen-bond acceptors (Lipinski definition) is 8. The third-order valence-electron chi connectivity index (χ3n) is 4.14. The van der Waals surface area contributed by atoms with Gasteiger partial charge in [0.25, 0.3) is 22.6 Å². The number of nitrogens with two attached hydrogens (primary N) is 1. The summed E-state index contributed by atoms with van der Waals surface area (Å²) in [4.78, 5) is 72.1. The van der Waals surface area contributed by atoms with Gasteiger partial charge in [0.1, 0.15) is 11.4 Å². The van der Waals surface area contributed by atoms with E-state index >= 15 is 0 Å². The number of aromatic amines is 1. The highest BCUT2D eigenvalue weighted by atomic mass is 35.5. The second kappa shape index (κ2) is 9.66. The molecule has 4 N–H and O–H groups in total. The van der Waals surface area contributed by atoms with Gasteiger partial charge in [0, 0.05) is 12.5 Å². The monoisotopic (exact) mass is 478 g/mol. The van der Waals surface area contributed by atoms with E-state index in [0.717, 1.165) is 17.8 Å². The summed E-state index contributed by atoms with van der Waals surface area (Å²) in [5, 5.41) is 1.95. The minimum Gasteiger partial charge on any atom is -0.492 e. The zero-order chi connectivity index (χ0) is 23.4. The van der Waals surface area contributed by atoms with E-state index in [4.69, 9.17) is 22.1 Å². The lowest BCUT2D eigenvalue weighted by atomic mass is 10.2. The number of nitrogens with one attached hydrogen (secondary N) is 2. The van der Waals surface area contributed by atoms with Crippen molar-refractivity contribution in [1.29, 1.82) is 0 Å². The Morgan fingerprint density at radius 3 is 2.53 bits per heavy atom. The topological polar surface area (TPSA) is 170 Å². The normalized spacial score (nSPS) is 14.5. The fraction of sp³-hybridized carbons (Fsp3) is 0.158. The summed E-state index contributed by atoms with van der Waals surface area (Å²) >= 11 is 6.96. The number of hydrogen-bond donors (Lipinski definition) is 3. The molecule has 0 radical (unpaired) electrons. The van der Waals surface area contributed by atoms with Gasteiger partial charge in [0.15, 0.2) is 0 Å². The van der Waals surface area contributed by atoms with E-state index in [1.54, 1.807) is 18.2 Å². The molecule has 2 aromatic rings. The molecule has 1 saturated heterocycles. The molecule has 0 bridgehead atoms. The Hall–Kier alpha value is -3.64. The van der Waals surface area contributed by atoms with Gasteiger partial charge in [-0.3, -0.25) is 29.3 Å². The summed E-state index contributed by atoms with van der Waals surface area (Å²) < 4.78 is 5.90. The number of aromatic nitrogens is 2. The molecule has 32 heavy (non-hydrogen) atoms. The Morgan fingerprint density at radius 2 is 1.94 bits per heavy atom. The molecule has 2 heterocycles. The van der Waals surface area contributed by atoms with Crippen molar-refractivity contribution in [2.24, 2.45) is 5.73 Å². The molecular formula is C19H15ClN4O7S. The molecule has 1 fully saturated rings. The number of thioether (sulfide) groups is 1. The van der Waals surface area contributed by atoms with Crippen LogP contribution in [0, 0.1) is 0 Å². The van der Waals surface area contributed by atoms with Gasteiger partial charge < -0.3 is 15.5 Å². The molecular weight excluding hydrogens is 464 g/mol. The van der Waals surface area contributed by atoms with Crippen LogP contribution in [0.15, 0.2) is 38.8 Å². The quantitative estimate of drug-likeness (QED) is 0.392. The van der Waals surface area contributed by atoms with E-state index in [-0.39, 0.29) is 35.1 Å². The Morgan fingerprint density at radius 1 is 1.19 bits per heavy atom. The second-order valence-corrected chi connectivity index (χ2v) is 7.84. The number of primary amides is 1. The molecule has 0 spiro atoms. The molecule has 0 unspecified atom stereocenters. The third kappa shape index (κ3) is 5.34.